The molecule has 2 fully saturated rings. The molecule has 1 aliphatic heterocycles. The summed E-state index contributed by atoms with van der Waals surface area (Å²) in [5.74, 6) is 0.902. The van der Waals surface area contributed by atoms with Crippen LogP contribution in [0.3, 0.4) is 0 Å². The number of aromatic nitrogens is 3. The summed E-state index contributed by atoms with van der Waals surface area (Å²) in [4.78, 5) is 14.6. The zero-order valence-corrected chi connectivity index (χ0v) is 12.7. The smallest absolute Gasteiger partial charge is 0.276 e. The summed E-state index contributed by atoms with van der Waals surface area (Å²) >= 11 is 0. The fourth-order valence-corrected chi connectivity index (χ4v) is 3.33. The Balaban J connectivity index is 1.50. The van der Waals surface area contributed by atoms with E-state index in [4.69, 9.17) is 0 Å². The average Bonchev–Trinajstić information content (AvgIpc) is 3.05. The van der Waals surface area contributed by atoms with Crippen LogP contribution in [0.5, 0.6) is 0 Å². The van der Waals surface area contributed by atoms with Crippen LogP contribution in [0.1, 0.15) is 58.4 Å². The number of aromatic amines is 1. The van der Waals surface area contributed by atoms with E-state index >= 15 is 0 Å². The zero-order valence-electron chi connectivity index (χ0n) is 12.7. The van der Waals surface area contributed by atoms with Gasteiger partial charge in [0.1, 0.15) is 0 Å². The Labute approximate surface area is 129 Å². The van der Waals surface area contributed by atoms with Crippen LogP contribution in [0, 0.1) is 6.92 Å². The lowest BCUT2D eigenvalue weighted by Crippen LogP contribution is -2.29. The third-order valence-corrected chi connectivity index (χ3v) is 4.73. The van der Waals surface area contributed by atoms with Gasteiger partial charge in [-0.15, -0.1) is 0 Å². The van der Waals surface area contributed by atoms with E-state index in [1.54, 1.807) is 0 Å². The molecular formula is C17H20N4O. The van der Waals surface area contributed by atoms with Crippen LogP contribution in [-0.4, -0.2) is 39.3 Å². The van der Waals surface area contributed by atoms with Gasteiger partial charge < -0.3 is 4.90 Å². The van der Waals surface area contributed by atoms with E-state index in [0.717, 1.165) is 38.0 Å². The molecule has 114 valence electrons. The maximum Gasteiger partial charge on any atom is 0.276 e. The number of aryl methyl sites for hydroxylation is 1. The number of hydrogen-bond acceptors (Lipinski definition) is 3. The topological polar surface area (TPSA) is 61.9 Å². The van der Waals surface area contributed by atoms with Gasteiger partial charge in [-0.1, -0.05) is 29.8 Å². The molecule has 2 aromatic rings. The van der Waals surface area contributed by atoms with Crippen molar-refractivity contribution in [3.05, 3.63) is 46.8 Å². The lowest BCUT2D eigenvalue weighted by atomic mass is 9.97. The monoisotopic (exact) mass is 296 g/mol. The van der Waals surface area contributed by atoms with Gasteiger partial charge in [-0.2, -0.15) is 15.4 Å². The number of nitrogens with zero attached hydrogens (tertiary/aromatic N) is 3. The number of hydrogen-bond donors (Lipinski definition) is 1. The van der Waals surface area contributed by atoms with Crippen LogP contribution in [0.4, 0.5) is 0 Å². The Morgan fingerprint density at radius 3 is 2.86 bits per heavy atom. The minimum Gasteiger partial charge on any atom is -0.337 e. The van der Waals surface area contributed by atoms with Crippen molar-refractivity contribution in [2.24, 2.45) is 0 Å². The molecule has 0 bridgehead atoms. The lowest BCUT2D eigenvalue weighted by molar-refractivity contribution is 0.0783. The summed E-state index contributed by atoms with van der Waals surface area (Å²) in [6.07, 6.45) is 3.27. The van der Waals surface area contributed by atoms with Crippen LogP contribution in [0.25, 0.3) is 0 Å². The molecule has 1 aliphatic carbocycles. The van der Waals surface area contributed by atoms with E-state index < -0.39 is 0 Å². The van der Waals surface area contributed by atoms with E-state index in [9.17, 15) is 4.79 Å². The molecule has 0 spiro atoms. The van der Waals surface area contributed by atoms with E-state index in [-0.39, 0.29) is 5.91 Å². The van der Waals surface area contributed by atoms with Gasteiger partial charge in [-0.25, -0.2) is 0 Å². The second-order valence-electron chi connectivity index (χ2n) is 6.48. The number of benzene rings is 1. The Morgan fingerprint density at radius 1 is 1.23 bits per heavy atom. The first-order valence-electron chi connectivity index (χ1n) is 7.99. The first kappa shape index (κ1) is 13.5. The SMILES string of the molecule is Cc1cccc(C2CCN(C(=O)c3n[nH]nc3C3CC3)C2)c1. The molecule has 1 aromatic carbocycles. The van der Waals surface area contributed by atoms with Gasteiger partial charge >= 0.3 is 0 Å². The van der Waals surface area contributed by atoms with Gasteiger partial charge in [0, 0.05) is 24.9 Å². The van der Waals surface area contributed by atoms with Crippen molar-refractivity contribution in [1.82, 2.24) is 20.3 Å². The predicted octanol–water partition coefficient (Wildman–Crippen LogP) is 2.62. The highest BCUT2D eigenvalue weighted by atomic mass is 16.2. The molecule has 2 heterocycles. The average molecular weight is 296 g/mol. The molecule has 1 saturated heterocycles. The highest BCUT2D eigenvalue weighted by Crippen LogP contribution is 2.40. The molecule has 1 aromatic heterocycles. The fourth-order valence-electron chi connectivity index (χ4n) is 3.33. The molecule has 1 atom stereocenters. The van der Waals surface area contributed by atoms with Crippen molar-refractivity contribution in [3.8, 4) is 0 Å². The van der Waals surface area contributed by atoms with Crippen molar-refractivity contribution in [2.75, 3.05) is 13.1 Å². The van der Waals surface area contributed by atoms with Crippen molar-refractivity contribution in [2.45, 2.75) is 38.0 Å². The predicted molar refractivity (Wildman–Crippen MR) is 82.8 cm³/mol. The number of carbonyl (C=O) groups excluding carboxylic acids is 1. The van der Waals surface area contributed by atoms with Gasteiger partial charge in [-0.05, 0) is 31.7 Å². The maximum atomic E-state index is 12.7. The highest BCUT2D eigenvalue weighted by molar-refractivity contribution is 5.93. The van der Waals surface area contributed by atoms with E-state index in [1.807, 2.05) is 4.90 Å². The van der Waals surface area contributed by atoms with Crippen molar-refractivity contribution in [1.29, 1.82) is 0 Å². The van der Waals surface area contributed by atoms with Crippen LogP contribution < -0.4 is 0 Å². The third-order valence-electron chi connectivity index (χ3n) is 4.73. The second kappa shape index (κ2) is 5.23. The first-order valence-corrected chi connectivity index (χ1v) is 7.99. The quantitative estimate of drug-likeness (QED) is 0.947. The van der Waals surface area contributed by atoms with Crippen molar-refractivity contribution in [3.63, 3.8) is 0 Å². The summed E-state index contributed by atoms with van der Waals surface area (Å²) in [5.41, 5.74) is 4.00. The van der Waals surface area contributed by atoms with Crippen LogP contribution >= 0.6 is 0 Å². The molecule has 5 heteroatoms. The van der Waals surface area contributed by atoms with Crippen molar-refractivity contribution >= 4 is 5.91 Å². The minimum absolute atomic E-state index is 0.0332. The standard InChI is InChI=1S/C17H20N4O/c1-11-3-2-4-13(9-11)14-7-8-21(10-14)17(22)16-15(12-5-6-12)18-20-19-16/h2-4,9,12,14H,5-8,10H2,1H3,(H,18,19,20). The zero-order chi connectivity index (χ0) is 15.1. The molecule has 5 nitrogen and oxygen atoms in total. The number of carbonyl (C=O) groups is 1. The largest absolute Gasteiger partial charge is 0.337 e. The van der Waals surface area contributed by atoms with E-state index in [2.05, 4.69) is 46.6 Å². The molecule has 1 unspecified atom stereocenters. The second-order valence-corrected chi connectivity index (χ2v) is 6.48. The maximum absolute atomic E-state index is 12.7. The normalized spacial score (nSPS) is 21.3. The number of rotatable bonds is 3. The number of likely N-dealkylation sites (tertiary alicyclic amines) is 1. The fraction of sp³-hybridized carbons (Fsp3) is 0.471. The highest BCUT2D eigenvalue weighted by Gasteiger charge is 2.35. The molecule has 1 N–H and O–H groups in total. The third kappa shape index (κ3) is 2.40. The Bertz CT molecular complexity index is 704. The van der Waals surface area contributed by atoms with E-state index in [0.29, 0.717) is 17.5 Å². The molecule has 0 radical (unpaired) electrons. The molecule has 4 rings (SSSR count). The van der Waals surface area contributed by atoms with Gasteiger partial charge in [0.05, 0.1) is 5.69 Å². The number of nitrogens with one attached hydrogen (secondary N) is 1. The molecule has 1 amide bonds. The van der Waals surface area contributed by atoms with Crippen LogP contribution in [0.15, 0.2) is 24.3 Å². The molecular weight excluding hydrogens is 276 g/mol. The first-order chi connectivity index (χ1) is 10.7. The van der Waals surface area contributed by atoms with E-state index in [1.165, 1.54) is 11.1 Å². The Hall–Kier alpha value is -2.17. The Morgan fingerprint density at radius 2 is 2.09 bits per heavy atom. The lowest BCUT2D eigenvalue weighted by Gasteiger charge is -2.16. The number of H-pyrrole nitrogens is 1. The van der Waals surface area contributed by atoms with Crippen molar-refractivity contribution < 1.29 is 4.79 Å². The molecule has 22 heavy (non-hydrogen) atoms. The van der Waals surface area contributed by atoms with Crippen LogP contribution in [-0.2, 0) is 0 Å². The summed E-state index contributed by atoms with van der Waals surface area (Å²) in [6, 6.07) is 8.60. The Kier molecular flexibility index (Phi) is 3.21. The minimum atomic E-state index is 0.0332. The summed E-state index contributed by atoms with van der Waals surface area (Å²) < 4.78 is 0. The summed E-state index contributed by atoms with van der Waals surface area (Å²) in [7, 11) is 0. The van der Waals surface area contributed by atoms with Gasteiger partial charge in [0.15, 0.2) is 5.69 Å². The van der Waals surface area contributed by atoms with Gasteiger partial charge in [-0.3, -0.25) is 4.79 Å². The molecule has 1 saturated carbocycles. The summed E-state index contributed by atoms with van der Waals surface area (Å²) in [5, 5.41) is 10.9. The summed E-state index contributed by atoms with van der Waals surface area (Å²) in [6.45, 7) is 3.69. The molecule has 2 aliphatic rings. The van der Waals surface area contributed by atoms with Crippen LogP contribution in [0.2, 0.25) is 0 Å². The van der Waals surface area contributed by atoms with Gasteiger partial charge in [0.2, 0.25) is 0 Å². The van der Waals surface area contributed by atoms with Gasteiger partial charge in [0.25, 0.3) is 5.91 Å². The number of amides is 1.